The van der Waals surface area contributed by atoms with Gasteiger partial charge in [0.1, 0.15) is 11.3 Å². The molecule has 0 amide bonds. The topological polar surface area (TPSA) is 34.4 Å². The molecule has 0 aliphatic carbocycles. The Hall–Kier alpha value is -1.32. The van der Waals surface area contributed by atoms with Crippen molar-refractivity contribution in [2.24, 2.45) is 0 Å². The summed E-state index contributed by atoms with van der Waals surface area (Å²) in [6.07, 6.45) is 0. The molecule has 116 valence electrons. The monoisotopic (exact) mass is 289 g/mol. The molecule has 2 aromatic rings. The Morgan fingerprint density at radius 2 is 1.95 bits per heavy atom. The Morgan fingerprint density at radius 1 is 1.24 bits per heavy atom. The van der Waals surface area contributed by atoms with Crippen molar-refractivity contribution in [3.63, 3.8) is 0 Å². The van der Waals surface area contributed by atoms with Gasteiger partial charge in [-0.3, -0.25) is 0 Å². The van der Waals surface area contributed by atoms with Crippen LogP contribution in [0.1, 0.15) is 50.1 Å². The lowest BCUT2D eigenvalue weighted by Gasteiger charge is -2.19. The van der Waals surface area contributed by atoms with E-state index in [1.165, 1.54) is 22.1 Å². The fourth-order valence-corrected chi connectivity index (χ4v) is 2.76. The fourth-order valence-electron chi connectivity index (χ4n) is 2.76. The predicted molar refractivity (Wildman–Crippen MR) is 87.7 cm³/mol. The number of aryl methyl sites for hydroxylation is 1. The minimum atomic E-state index is 0.0591. The molecule has 1 heterocycles. The second-order valence-corrected chi connectivity index (χ2v) is 6.60. The van der Waals surface area contributed by atoms with Crippen molar-refractivity contribution < 1.29 is 9.15 Å². The molecule has 0 unspecified atom stereocenters. The molecule has 0 aliphatic rings. The maximum atomic E-state index is 6.25. The average molecular weight is 289 g/mol. The zero-order valence-corrected chi connectivity index (χ0v) is 14.1. The fraction of sp³-hybridized carbons (Fsp3) is 0.556. The molecule has 0 saturated heterocycles. The number of fused-ring (bicyclic) bond motifs is 1. The van der Waals surface area contributed by atoms with Crippen LogP contribution < -0.4 is 5.32 Å². The lowest BCUT2D eigenvalue weighted by Crippen LogP contribution is -2.12. The molecule has 1 N–H and O–H groups in total. The summed E-state index contributed by atoms with van der Waals surface area (Å²) in [7, 11) is 1.73. The van der Waals surface area contributed by atoms with Crippen molar-refractivity contribution in [3.05, 3.63) is 34.6 Å². The molecule has 0 saturated carbocycles. The average Bonchev–Trinajstić information content (AvgIpc) is 2.75. The lowest BCUT2D eigenvalue weighted by atomic mass is 9.85. The smallest absolute Gasteiger partial charge is 0.138 e. The number of benzene rings is 1. The van der Waals surface area contributed by atoms with Crippen LogP contribution in [0.2, 0.25) is 0 Å². The van der Waals surface area contributed by atoms with Crippen molar-refractivity contribution in [3.8, 4) is 0 Å². The van der Waals surface area contributed by atoms with Crippen molar-refractivity contribution in [2.45, 2.75) is 53.2 Å². The number of ether oxygens (including phenoxy) is 1. The Morgan fingerprint density at radius 3 is 2.52 bits per heavy atom. The van der Waals surface area contributed by atoms with Gasteiger partial charge in [0.15, 0.2) is 0 Å². The van der Waals surface area contributed by atoms with Gasteiger partial charge in [-0.15, -0.1) is 0 Å². The lowest BCUT2D eigenvalue weighted by molar-refractivity contribution is 0.183. The summed E-state index contributed by atoms with van der Waals surface area (Å²) in [5.74, 6) is 0.994. The van der Waals surface area contributed by atoms with Gasteiger partial charge in [0.05, 0.1) is 13.2 Å². The van der Waals surface area contributed by atoms with E-state index >= 15 is 0 Å². The first-order chi connectivity index (χ1) is 9.90. The van der Waals surface area contributed by atoms with Crippen molar-refractivity contribution in [2.75, 3.05) is 13.7 Å². The van der Waals surface area contributed by atoms with E-state index in [4.69, 9.17) is 9.15 Å². The number of furan rings is 1. The van der Waals surface area contributed by atoms with E-state index in [1.807, 2.05) is 0 Å². The molecule has 0 atom stereocenters. The second kappa shape index (κ2) is 6.20. The molecule has 0 bridgehead atoms. The SMILES string of the molecule is CCNCc1oc2c(C(C)(C)C)ccc(C)c2c1COC. The Kier molecular flexibility index (Phi) is 4.74. The maximum Gasteiger partial charge on any atom is 0.138 e. The quantitative estimate of drug-likeness (QED) is 0.891. The third-order valence-corrected chi connectivity index (χ3v) is 3.86. The minimum absolute atomic E-state index is 0.0591. The molecule has 2 rings (SSSR count). The molecule has 0 aliphatic heterocycles. The summed E-state index contributed by atoms with van der Waals surface area (Å²) in [6.45, 7) is 13.2. The molecule has 3 heteroatoms. The normalized spacial score (nSPS) is 12.3. The van der Waals surface area contributed by atoms with Crippen LogP contribution in [0.5, 0.6) is 0 Å². The number of nitrogens with one attached hydrogen (secondary N) is 1. The van der Waals surface area contributed by atoms with Crippen LogP contribution >= 0.6 is 0 Å². The summed E-state index contributed by atoms with van der Waals surface area (Å²) < 4.78 is 11.7. The zero-order chi connectivity index (χ0) is 15.6. The van der Waals surface area contributed by atoms with E-state index < -0.39 is 0 Å². The molecule has 0 radical (unpaired) electrons. The first-order valence-electron chi connectivity index (χ1n) is 7.64. The molecule has 1 aromatic carbocycles. The predicted octanol–water partition coefficient (Wildman–Crippen LogP) is 4.29. The summed E-state index contributed by atoms with van der Waals surface area (Å²) in [4.78, 5) is 0. The molecule has 21 heavy (non-hydrogen) atoms. The largest absolute Gasteiger partial charge is 0.459 e. The second-order valence-electron chi connectivity index (χ2n) is 6.60. The number of hydrogen-bond donors (Lipinski definition) is 1. The van der Waals surface area contributed by atoms with E-state index in [0.29, 0.717) is 6.61 Å². The highest BCUT2D eigenvalue weighted by Gasteiger charge is 2.24. The van der Waals surface area contributed by atoms with Gasteiger partial charge < -0.3 is 14.5 Å². The molecule has 0 fully saturated rings. The van der Waals surface area contributed by atoms with Crippen LogP contribution in [0.15, 0.2) is 16.5 Å². The molecular formula is C18H27NO2. The van der Waals surface area contributed by atoms with E-state index in [-0.39, 0.29) is 5.41 Å². The van der Waals surface area contributed by atoms with Crippen LogP contribution in [0.25, 0.3) is 11.0 Å². The standard InChI is InChI=1S/C18H27NO2/c1-7-19-10-15-13(11-20-6)16-12(2)8-9-14(17(16)21-15)18(3,4)5/h8-9,19H,7,10-11H2,1-6H3. The van der Waals surface area contributed by atoms with Gasteiger partial charge in [-0.2, -0.15) is 0 Å². The Balaban J connectivity index is 2.69. The maximum absolute atomic E-state index is 6.25. The van der Waals surface area contributed by atoms with Gasteiger partial charge in [-0.25, -0.2) is 0 Å². The van der Waals surface area contributed by atoms with Crippen LogP contribution in [-0.4, -0.2) is 13.7 Å². The Labute approximate surface area is 127 Å². The van der Waals surface area contributed by atoms with E-state index in [0.717, 1.165) is 24.4 Å². The highest BCUT2D eigenvalue weighted by Crippen LogP contribution is 2.37. The number of rotatable bonds is 5. The summed E-state index contributed by atoms with van der Waals surface area (Å²) in [5.41, 5.74) is 4.75. The third kappa shape index (κ3) is 3.14. The molecule has 3 nitrogen and oxygen atoms in total. The van der Waals surface area contributed by atoms with Gasteiger partial charge >= 0.3 is 0 Å². The van der Waals surface area contributed by atoms with E-state index in [2.05, 4.69) is 52.1 Å². The first-order valence-corrected chi connectivity index (χ1v) is 7.64. The van der Waals surface area contributed by atoms with Crippen LogP contribution in [0, 0.1) is 6.92 Å². The first kappa shape index (κ1) is 16.1. The van der Waals surface area contributed by atoms with Crippen molar-refractivity contribution in [1.82, 2.24) is 5.32 Å². The van der Waals surface area contributed by atoms with Crippen molar-refractivity contribution >= 4 is 11.0 Å². The molecular weight excluding hydrogens is 262 g/mol. The Bertz CT molecular complexity index is 620. The van der Waals surface area contributed by atoms with Crippen molar-refractivity contribution in [1.29, 1.82) is 0 Å². The number of methoxy groups -OCH3 is 1. The van der Waals surface area contributed by atoms with Gasteiger partial charge in [0.25, 0.3) is 0 Å². The minimum Gasteiger partial charge on any atom is -0.459 e. The summed E-state index contributed by atoms with van der Waals surface area (Å²) in [6, 6.07) is 4.38. The summed E-state index contributed by atoms with van der Waals surface area (Å²) >= 11 is 0. The third-order valence-electron chi connectivity index (χ3n) is 3.86. The van der Waals surface area contributed by atoms with Crippen LogP contribution in [-0.2, 0) is 23.3 Å². The van der Waals surface area contributed by atoms with E-state index in [1.54, 1.807) is 7.11 Å². The van der Waals surface area contributed by atoms with Gasteiger partial charge in [0.2, 0.25) is 0 Å². The van der Waals surface area contributed by atoms with Gasteiger partial charge in [-0.1, -0.05) is 39.8 Å². The molecule has 0 spiro atoms. The highest BCUT2D eigenvalue weighted by atomic mass is 16.5. The molecule has 1 aromatic heterocycles. The van der Waals surface area contributed by atoms with Gasteiger partial charge in [0, 0.05) is 23.6 Å². The van der Waals surface area contributed by atoms with Crippen LogP contribution in [0.3, 0.4) is 0 Å². The van der Waals surface area contributed by atoms with E-state index in [9.17, 15) is 0 Å². The summed E-state index contributed by atoms with van der Waals surface area (Å²) in [5, 5.41) is 4.57. The zero-order valence-electron chi connectivity index (χ0n) is 14.1. The highest BCUT2D eigenvalue weighted by molar-refractivity contribution is 5.88. The van der Waals surface area contributed by atoms with Gasteiger partial charge in [-0.05, 0) is 24.4 Å². The van der Waals surface area contributed by atoms with Crippen LogP contribution in [0.4, 0.5) is 0 Å². The number of hydrogen-bond acceptors (Lipinski definition) is 3.